The lowest BCUT2D eigenvalue weighted by Gasteiger charge is -2.34. The Morgan fingerprint density at radius 1 is 1.04 bits per heavy atom. The van der Waals surface area contributed by atoms with Crippen LogP contribution in [0.4, 0.5) is 15.8 Å². The van der Waals surface area contributed by atoms with Crippen molar-refractivity contribution in [1.82, 2.24) is 10.2 Å². The zero-order valence-electron chi connectivity index (χ0n) is 15.4. The second kappa shape index (κ2) is 9.29. The van der Waals surface area contributed by atoms with E-state index in [4.69, 9.17) is 10.5 Å². The van der Waals surface area contributed by atoms with Gasteiger partial charge in [-0.2, -0.15) is 0 Å². The largest absolute Gasteiger partial charge is 0.399 e. The number of halogens is 1. The van der Waals surface area contributed by atoms with Gasteiger partial charge in [0.1, 0.15) is 5.82 Å². The minimum absolute atomic E-state index is 0.183. The lowest BCUT2D eigenvalue weighted by atomic mass is 10.0. The molecular formula is C20H23FN4O3. The number of amides is 2. The lowest BCUT2D eigenvalue weighted by molar-refractivity contribution is -0.136. The average molecular weight is 386 g/mol. The van der Waals surface area contributed by atoms with E-state index < -0.39 is 11.8 Å². The first-order chi connectivity index (χ1) is 13.5. The zero-order chi connectivity index (χ0) is 19.9. The predicted molar refractivity (Wildman–Crippen MR) is 104 cm³/mol. The molecule has 4 N–H and O–H groups in total. The number of benzene rings is 2. The summed E-state index contributed by atoms with van der Waals surface area (Å²) in [5, 5.41) is 5.20. The van der Waals surface area contributed by atoms with Gasteiger partial charge in [0.25, 0.3) is 0 Å². The second-order valence-corrected chi connectivity index (χ2v) is 6.50. The van der Waals surface area contributed by atoms with Crippen molar-refractivity contribution in [3.63, 3.8) is 0 Å². The van der Waals surface area contributed by atoms with Crippen LogP contribution in [0.5, 0.6) is 0 Å². The number of rotatable bonds is 5. The lowest BCUT2D eigenvalue weighted by Crippen LogP contribution is -2.45. The number of nitrogen functional groups attached to an aromatic ring is 1. The van der Waals surface area contributed by atoms with Gasteiger partial charge in [-0.05, 0) is 42.0 Å². The molecule has 0 radical (unpaired) electrons. The van der Waals surface area contributed by atoms with E-state index in [0.29, 0.717) is 37.7 Å². The van der Waals surface area contributed by atoms with Crippen molar-refractivity contribution in [1.29, 1.82) is 0 Å². The molecular weight excluding hydrogens is 363 g/mol. The molecule has 7 nitrogen and oxygen atoms in total. The highest BCUT2D eigenvalue weighted by Crippen LogP contribution is 2.21. The monoisotopic (exact) mass is 386 g/mol. The number of carbonyl (C=O) groups excluding carboxylic acids is 2. The average Bonchev–Trinajstić information content (AvgIpc) is 2.71. The molecule has 0 aromatic heterocycles. The van der Waals surface area contributed by atoms with Gasteiger partial charge in [0, 0.05) is 31.0 Å². The van der Waals surface area contributed by atoms with Gasteiger partial charge in [0.15, 0.2) is 0 Å². The van der Waals surface area contributed by atoms with Gasteiger partial charge in [0.2, 0.25) is 0 Å². The van der Waals surface area contributed by atoms with E-state index in [0.717, 1.165) is 5.56 Å². The van der Waals surface area contributed by atoms with Crippen molar-refractivity contribution >= 4 is 23.2 Å². The van der Waals surface area contributed by atoms with Crippen LogP contribution in [0.2, 0.25) is 0 Å². The fourth-order valence-corrected chi connectivity index (χ4v) is 3.06. The maximum atomic E-state index is 13.3. The number of hydrogen-bond donors (Lipinski definition) is 3. The summed E-state index contributed by atoms with van der Waals surface area (Å²) in [7, 11) is 0. The Morgan fingerprint density at radius 3 is 2.32 bits per heavy atom. The third kappa shape index (κ3) is 5.28. The van der Waals surface area contributed by atoms with Gasteiger partial charge >= 0.3 is 11.8 Å². The molecule has 0 aliphatic carbocycles. The summed E-state index contributed by atoms with van der Waals surface area (Å²) in [5.41, 5.74) is 7.52. The van der Waals surface area contributed by atoms with Gasteiger partial charge in [-0.1, -0.05) is 12.1 Å². The molecule has 1 aliphatic heterocycles. The fourth-order valence-electron chi connectivity index (χ4n) is 3.06. The van der Waals surface area contributed by atoms with Crippen molar-refractivity contribution < 1.29 is 18.7 Å². The molecule has 1 aliphatic rings. The number of nitrogens with zero attached hydrogens (tertiary/aromatic N) is 1. The Morgan fingerprint density at radius 2 is 1.68 bits per heavy atom. The highest BCUT2D eigenvalue weighted by atomic mass is 19.1. The first-order valence-electron chi connectivity index (χ1n) is 9.05. The first kappa shape index (κ1) is 19.8. The van der Waals surface area contributed by atoms with E-state index in [2.05, 4.69) is 15.5 Å². The summed E-state index contributed by atoms with van der Waals surface area (Å²) in [6.07, 6.45) is 0. The molecule has 148 valence electrons. The van der Waals surface area contributed by atoms with Gasteiger partial charge < -0.3 is 21.1 Å². The molecule has 8 heteroatoms. The zero-order valence-corrected chi connectivity index (χ0v) is 15.4. The highest BCUT2D eigenvalue weighted by molar-refractivity contribution is 6.39. The Bertz CT molecular complexity index is 805. The molecule has 2 aromatic rings. The van der Waals surface area contributed by atoms with Crippen molar-refractivity contribution in [2.45, 2.75) is 6.04 Å². The highest BCUT2D eigenvalue weighted by Gasteiger charge is 2.24. The van der Waals surface area contributed by atoms with Crippen LogP contribution in [0, 0.1) is 5.82 Å². The molecule has 28 heavy (non-hydrogen) atoms. The summed E-state index contributed by atoms with van der Waals surface area (Å²) in [5.74, 6) is -1.82. The third-order valence-electron chi connectivity index (χ3n) is 4.57. The van der Waals surface area contributed by atoms with Crippen molar-refractivity contribution in [2.75, 3.05) is 43.9 Å². The number of morpholine rings is 1. The molecule has 3 rings (SSSR count). The minimum Gasteiger partial charge on any atom is -0.399 e. The maximum Gasteiger partial charge on any atom is 0.313 e. The topological polar surface area (TPSA) is 96.7 Å². The molecule has 0 spiro atoms. The normalized spacial score (nSPS) is 15.6. The van der Waals surface area contributed by atoms with Gasteiger partial charge in [-0.3, -0.25) is 14.5 Å². The standard InChI is InChI=1S/C20H23FN4O3/c21-15-3-1-14(2-4-15)18(25-9-11-28-12-10-25)13-23-19(26)20(27)24-17-7-5-16(22)6-8-17/h1-8,18H,9-13,22H2,(H,23,26)(H,24,27). The molecule has 2 aromatic carbocycles. The van der Waals surface area contributed by atoms with E-state index in [1.165, 1.54) is 12.1 Å². The van der Waals surface area contributed by atoms with Gasteiger partial charge in [-0.15, -0.1) is 0 Å². The van der Waals surface area contributed by atoms with Crippen LogP contribution in [-0.2, 0) is 14.3 Å². The number of nitrogens with two attached hydrogens (primary N) is 1. The van der Waals surface area contributed by atoms with Gasteiger partial charge in [-0.25, -0.2) is 4.39 Å². The fraction of sp³-hybridized carbons (Fsp3) is 0.300. The first-order valence-corrected chi connectivity index (χ1v) is 9.05. The summed E-state index contributed by atoms with van der Waals surface area (Å²) < 4.78 is 18.7. The molecule has 2 amide bonds. The Hall–Kier alpha value is -2.97. The Labute approximate surface area is 162 Å². The summed E-state index contributed by atoms with van der Waals surface area (Å²) >= 11 is 0. The van der Waals surface area contributed by atoms with Crippen LogP contribution >= 0.6 is 0 Å². The van der Waals surface area contributed by atoms with Crippen molar-refractivity contribution in [3.8, 4) is 0 Å². The SMILES string of the molecule is Nc1ccc(NC(=O)C(=O)NCC(c2ccc(F)cc2)N2CCOCC2)cc1. The van der Waals surface area contributed by atoms with E-state index in [1.54, 1.807) is 36.4 Å². The molecule has 1 saturated heterocycles. The van der Waals surface area contributed by atoms with E-state index in [1.807, 2.05) is 0 Å². The van der Waals surface area contributed by atoms with E-state index in [9.17, 15) is 14.0 Å². The van der Waals surface area contributed by atoms with Crippen molar-refractivity contribution in [2.24, 2.45) is 0 Å². The molecule has 1 heterocycles. The molecule has 0 saturated carbocycles. The summed E-state index contributed by atoms with van der Waals surface area (Å²) in [6, 6.07) is 12.5. The predicted octanol–water partition coefficient (Wildman–Crippen LogP) is 1.54. The number of anilines is 2. The molecule has 1 fully saturated rings. The van der Waals surface area contributed by atoms with Crippen LogP contribution in [0.25, 0.3) is 0 Å². The van der Waals surface area contributed by atoms with E-state index >= 15 is 0 Å². The Balaban J connectivity index is 1.63. The smallest absolute Gasteiger partial charge is 0.313 e. The second-order valence-electron chi connectivity index (χ2n) is 6.50. The molecule has 1 unspecified atom stereocenters. The summed E-state index contributed by atoms with van der Waals surface area (Å²) in [4.78, 5) is 26.5. The molecule has 0 bridgehead atoms. The van der Waals surface area contributed by atoms with Crippen LogP contribution in [0.1, 0.15) is 11.6 Å². The maximum absolute atomic E-state index is 13.3. The van der Waals surface area contributed by atoms with Crippen LogP contribution in [0.15, 0.2) is 48.5 Å². The number of carbonyl (C=O) groups is 2. The van der Waals surface area contributed by atoms with Crippen LogP contribution in [-0.4, -0.2) is 49.6 Å². The van der Waals surface area contributed by atoms with Crippen LogP contribution < -0.4 is 16.4 Å². The van der Waals surface area contributed by atoms with Crippen LogP contribution in [0.3, 0.4) is 0 Å². The van der Waals surface area contributed by atoms with Gasteiger partial charge in [0.05, 0.1) is 19.3 Å². The van der Waals surface area contributed by atoms with E-state index in [-0.39, 0.29) is 18.4 Å². The quantitative estimate of drug-likeness (QED) is 0.535. The number of hydrogen-bond acceptors (Lipinski definition) is 5. The van der Waals surface area contributed by atoms with Crippen molar-refractivity contribution in [3.05, 3.63) is 59.9 Å². The summed E-state index contributed by atoms with van der Waals surface area (Å²) in [6.45, 7) is 2.78. The Kier molecular flexibility index (Phi) is 6.57. The molecule has 1 atom stereocenters. The third-order valence-corrected chi connectivity index (χ3v) is 4.57. The minimum atomic E-state index is -0.760. The number of nitrogens with one attached hydrogen (secondary N) is 2. The number of ether oxygens (including phenoxy) is 1.